The second kappa shape index (κ2) is 4.88. The minimum Gasteiger partial charge on any atom is -0.493 e. The van der Waals surface area contributed by atoms with Gasteiger partial charge in [-0.25, -0.2) is 0 Å². The van der Waals surface area contributed by atoms with E-state index < -0.39 is 0 Å². The van der Waals surface area contributed by atoms with Crippen molar-refractivity contribution in [2.24, 2.45) is 5.73 Å². The van der Waals surface area contributed by atoms with Crippen LogP contribution in [-0.4, -0.2) is 44.4 Å². The summed E-state index contributed by atoms with van der Waals surface area (Å²) in [5.74, 6) is 1.03. The molecule has 0 saturated carbocycles. The molecule has 2 N–H and O–H groups in total. The smallest absolute Gasteiger partial charge is 0.122 e. The van der Waals surface area contributed by atoms with Gasteiger partial charge >= 0.3 is 0 Å². The Kier molecular flexibility index (Phi) is 3.24. The molecule has 2 aliphatic heterocycles. The van der Waals surface area contributed by atoms with E-state index >= 15 is 0 Å². The largest absolute Gasteiger partial charge is 0.493 e. The Bertz CT molecular complexity index is 436. The third kappa shape index (κ3) is 2.00. The van der Waals surface area contributed by atoms with E-state index in [1.54, 1.807) is 0 Å². The van der Waals surface area contributed by atoms with Crippen LogP contribution in [0.15, 0.2) is 18.2 Å². The summed E-state index contributed by atoms with van der Waals surface area (Å²) >= 11 is 0. The topological polar surface area (TPSA) is 47.7 Å². The van der Waals surface area contributed by atoms with Crippen LogP contribution in [0.2, 0.25) is 0 Å². The lowest BCUT2D eigenvalue weighted by Gasteiger charge is -2.39. The highest BCUT2D eigenvalue weighted by molar-refractivity contribution is 5.41. The summed E-state index contributed by atoms with van der Waals surface area (Å²) in [6.45, 7) is 3.08. The molecule has 4 heteroatoms. The van der Waals surface area contributed by atoms with E-state index in [4.69, 9.17) is 15.2 Å². The molecule has 3 rings (SSSR count). The molecule has 1 aromatic rings. The molecule has 0 spiro atoms. The second-order valence-electron chi connectivity index (χ2n) is 5.04. The number of hydrogen-bond donors (Lipinski definition) is 1. The summed E-state index contributed by atoms with van der Waals surface area (Å²) < 4.78 is 11.3. The number of ether oxygens (including phenoxy) is 2. The van der Waals surface area contributed by atoms with E-state index in [1.165, 1.54) is 11.1 Å². The van der Waals surface area contributed by atoms with Crippen molar-refractivity contribution in [3.05, 3.63) is 29.3 Å². The fourth-order valence-corrected chi connectivity index (χ4v) is 2.92. The van der Waals surface area contributed by atoms with E-state index in [0.29, 0.717) is 6.54 Å². The number of likely N-dealkylation sites (N-methyl/N-ethyl adjacent to an activating group) is 1. The van der Waals surface area contributed by atoms with Crippen LogP contribution < -0.4 is 10.5 Å². The third-order valence-electron chi connectivity index (χ3n) is 3.89. The molecular formula is C14H20N2O2. The van der Waals surface area contributed by atoms with Crippen molar-refractivity contribution in [3.8, 4) is 5.75 Å². The monoisotopic (exact) mass is 248 g/mol. The Balaban J connectivity index is 1.91. The molecule has 18 heavy (non-hydrogen) atoms. The first-order valence-corrected chi connectivity index (χ1v) is 6.57. The number of benzene rings is 1. The van der Waals surface area contributed by atoms with Crippen LogP contribution >= 0.6 is 0 Å². The Labute approximate surface area is 108 Å². The molecule has 0 aliphatic carbocycles. The molecule has 0 radical (unpaired) electrons. The van der Waals surface area contributed by atoms with E-state index in [2.05, 4.69) is 30.1 Å². The second-order valence-corrected chi connectivity index (χ2v) is 5.04. The molecule has 0 aromatic heterocycles. The summed E-state index contributed by atoms with van der Waals surface area (Å²) in [5, 5.41) is 0. The Hall–Kier alpha value is -1.10. The van der Waals surface area contributed by atoms with Gasteiger partial charge in [0.05, 0.1) is 25.4 Å². The maximum absolute atomic E-state index is 5.83. The van der Waals surface area contributed by atoms with E-state index in [0.717, 1.165) is 31.9 Å². The fraction of sp³-hybridized carbons (Fsp3) is 0.571. The molecule has 4 nitrogen and oxygen atoms in total. The lowest BCUT2D eigenvalue weighted by Crippen LogP contribution is -2.46. The van der Waals surface area contributed by atoms with Gasteiger partial charge in [0.25, 0.3) is 0 Å². The number of rotatable bonds is 2. The number of morpholine rings is 1. The highest BCUT2D eigenvalue weighted by Gasteiger charge is 2.31. The first-order chi connectivity index (χ1) is 8.79. The lowest BCUT2D eigenvalue weighted by atomic mass is 9.96. The van der Waals surface area contributed by atoms with Crippen molar-refractivity contribution in [2.45, 2.75) is 18.6 Å². The first-order valence-electron chi connectivity index (χ1n) is 6.57. The summed E-state index contributed by atoms with van der Waals surface area (Å²) in [4.78, 5) is 2.33. The zero-order valence-corrected chi connectivity index (χ0v) is 10.8. The highest BCUT2D eigenvalue weighted by Crippen LogP contribution is 2.33. The van der Waals surface area contributed by atoms with Crippen LogP contribution in [0.4, 0.5) is 0 Å². The Morgan fingerprint density at radius 1 is 1.39 bits per heavy atom. The van der Waals surface area contributed by atoms with Crippen LogP contribution in [0.5, 0.6) is 5.75 Å². The molecule has 2 aliphatic rings. The van der Waals surface area contributed by atoms with Crippen LogP contribution in [0, 0.1) is 0 Å². The van der Waals surface area contributed by atoms with E-state index in [9.17, 15) is 0 Å². The molecule has 1 aromatic carbocycles. The van der Waals surface area contributed by atoms with Crippen molar-refractivity contribution in [1.82, 2.24) is 4.90 Å². The zero-order valence-electron chi connectivity index (χ0n) is 10.8. The summed E-state index contributed by atoms with van der Waals surface area (Å²) in [5.41, 5.74) is 8.43. The standard InChI is InChI=1S/C14H20N2O2/c1-16-5-7-18-13(9-15)14(16)11-2-3-12-10(8-11)4-6-17-12/h2-3,8,13-14H,4-7,9,15H2,1H3. The zero-order chi connectivity index (χ0) is 12.5. The van der Waals surface area contributed by atoms with Crippen LogP contribution in [0.1, 0.15) is 17.2 Å². The van der Waals surface area contributed by atoms with Gasteiger partial charge in [0, 0.05) is 19.5 Å². The molecule has 2 heterocycles. The maximum atomic E-state index is 5.83. The van der Waals surface area contributed by atoms with Crippen LogP contribution in [-0.2, 0) is 11.2 Å². The average Bonchev–Trinajstić information content (AvgIpc) is 2.85. The van der Waals surface area contributed by atoms with Gasteiger partial charge in [-0.15, -0.1) is 0 Å². The van der Waals surface area contributed by atoms with Crippen molar-refractivity contribution >= 4 is 0 Å². The molecule has 98 valence electrons. The number of nitrogens with two attached hydrogens (primary N) is 1. The first kappa shape index (κ1) is 12.0. The normalized spacial score (nSPS) is 27.9. The summed E-state index contributed by atoms with van der Waals surface area (Å²) in [7, 11) is 2.14. The highest BCUT2D eigenvalue weighted by atomic mass is 16.5. The van der Waals surface area contributed by atoms with Crippen molar-refractivity contribution in [3.63, 3.8) is 0 Å². The number of nitrogens with zero attached hydrogens (tertiary/aromatic N) is 1. The molecular weight excluding hydrogens is 228 g/mol. The minimum absolute atomic E-state index is 0.0871. The lowest BCUT2D eigenvalue weighted by molar-refractivity contribution is -0.0576. The molecule has 1 fully saturated rings. The molecule has 2 unspecified atom stereocenters. The van der Waals surface area contributed by atoms with Crippen LogP contribution in [0.3, 0.4) is 0 Å². The van der Waals surface area contributed by atoms with E-state index in [1.807, 2.05) is 0 Å². The van der Waals surface area contributed by atoms with Crippen molar-refractivity contribution in [1.29, 1.82) is 0 Å². The van der Waals surface area contributed by atoms with Crippen molar-refractivity contribution < 1.29 is 9.47 Å². The van der Waals surface area contributed by atoms with Gasteiger partial charge < -0.3 is 15.2 Å². The third-order valence-corrected chi connectivity index (χ3v) is 3.89. The number of hydrogen-bond acceptors (Lipinski definition) is 4. The summed E-state index contributed by atoms with van der Waals surface area (Å²) in [6.07, 6.45) is 1.09. The van der Waals surface area contributed by atoms with E-state index in [-0.39, 0.29) is 12.1 Å². The minimum atomic E-state index is 0.0871. The Morgan fingerprint density at radius 3 is 3.11 bits per heavy atom. The fourth-order valence-electron chi connectivity index (χ4n) is 2.92. The predicted octanol–water partition coefficient (Wildman–Crippen LogP) is 0.952. The van der Waals surface area contributed by atoms with Gasteiger partial charge in [0.15, 0.2) is 0 Å². The molecule has 0 amide bonds. The SMILES string of the molecule is CN1CCOC(CN)C1c1ccc2c(c1)CCO2. The molecule has 0 bridgehead atoms. The molecule has 2 atom stereocenters. The molecule has 1 saturated heterocycles. The Morgan fingerprint density at radius 2 is 2.28 bits per heavy atom. The van der Waals surface area contributed by atoms with Gasteiger partial charge in [-0.1, -0.05) is 12.1 Å². The average molecular weight is 248 g/mol. The quantitative estimate of drug-likeness (QED) is 0.846. The number of fused-ring (bicyclic) bond motifs is 1. The van der Waals surface area contributed by atoms with Gasteiger partial charge in [-0.05, 0) is 24.2 Å². The predicted molar refractivity (Wildman–Crippen MR) is 69.8 cm³/mol. The van der Waals surface area contributed by atoms with Gasteiger partial charge in [-0.2, -0.15) is 0 Å². The van der Waals surface area contributed by atoms with Crippen LogP contribution in [0.25, 0.3) is 0 Å². The maximum Gasteiger partial charge on any atom is 0.122 e. The van der Waals surface area contributed by atoms with Gasteiger partial charge in [0.2, 0.25) is 0 Å². The summed E-state index contributed by atoms with van der Waals surface area (Å²) in [6, 6.07) is 6.73. The van der Waals surface area contributed by atoms with Gasteiger partial charge in [-0.3, -0.25) is 4.90 Å². The van der Waals surface area contributed by atoms with Crippen molar-refractivity contribution in [2.75, 3.05) is 33.4 Å². The van der Waals surface area contributed by atoms with Gasteiger partial charge in [0.1, 0.15) is 5.75 Å².